The van der Waals surface area contributed by atoms with E-state index in [2.05, 4.69) is 0 Å². The fraction of sp³-hybridized carbons (Fsp3) is 0.0625. The van der Waals surface area contributed by atoms with Crippen molar-refractivity contribution in [2.45, 2.75) is 0 Å². The SMILES string of the molecule is COc1cc(C=C2Oc3ccc(Cl)cc3C2=O)cc([N+](=O)[O-])c1O. The van der Waals surface area contributed by atoms with Crippen LogP contribution < -0.4 is 9.47 Å². The molecule has 2 aromatic carbocycles. The number of nitro groups is 1. The van der Waals surface area contributed by atoms with E-state index in [0.717, 1.165) is 6.07 Å². The number of ether oxygens (including phenoxy) is 2. The summed E-state index contributed by atoms with van der Waals surface area (Å²) < 4.78 is 10.4. The molecule has 0 bridgehead atoms. The zero-order valence-corrected chi connectivity index (χ0v) is 13.0. The van der Waals surface area contributed by atoms with Gasteiger partial charge in [0.2, 0.25) is 11.5 Å². The summed E-state index contributed by atoms with van der Waals surface area (Å²) in [6, 6.07) is 7.13. The fourth-order valence-corrected chi connectivity index (χ4v) is 2.48. The second kappa shape index (κ2) is 5.86. The van der Waals surface area contributed by atoms with E-state index >= 15 is 0 Å². The number of hydrogen-bond acceptors (Lipinski definition) is 6. The van der Waals surface area contributed by atoms with Crippen LogP contribution in [0.4, 0.5) is 5.69 Å². The number of benzene rings is 2. The highest BCUT2D eigenvalue weighted by molar-refractivity contribution is 6.31. The van der Waals surface area contributed by atoms with Crippen LogP contribution in [0.2, 0.25) is 5.02 Å². The first-order valence-electron chi connectivity index (χ1n) is 6.70. The molecule has 0 fully saturated rings. The average Bonchev–Trinajstić information content (AvgIpc) is 2.84. The maximum absolute atomic E-state index is 12.3. The van der Waals surface area contributed by atoms with Crippen LogP contribution in [0.3, 0.4) is 0 Å². The maximum atomic E-state index is 12.3. The minimum Gasteiger partial charge on any atom is -0.500 e. The molecule has 122 valence electrons. The van der Waals surface area contributed by atoms with Crippen molar-refractivity contribution in [2.75, 3.05) is 7.11 Å². The molecule has 0 saturated heterocycles. The number of Topliss-reactive ketones (excluding diaryl/α,β-unsaturated/α-hetero) is 1. The van der Waals surface area contributed by atoms with Gasteiger partial charge < -0.3 is 14.6 Å². The van der Waals surface area contributed by atoms with Crippen molar-refractivity contribution >= 4 is 29.1 Å². The number of halogens is 1. The molecule has 0 aromatic heterocycles. The zero-order valence-electron chi connectivity index (χ0n) is 12.3. The second-order valence-electron chi connectivity index (χ2n) is 4.93. The van der Waals surface area contributed by atoms with Gasteiger partial charge in [-0.15, -0.1) is 0 Å². The van der Waals surface area contributed by atoms with Gasteiger partial charge in [-0.05, 0) is 35.9 Å². The van der Waals surface area contributed by atoms with E-state index in [-0.39, 0.29) is 22.9 Å². The van der Waals surface area contributed by atoms with Crippen LogP contribution in [0.25, 0.3) is 6.08 Å². The third kappa shape index (κ3) is 2.65. The molecule has 0 radical (unpaired) electrons. The van der Waals surface area contributed by atoms with Crippen molar-refractivity contribution in [1.82, 2.24) is 0 Å². The number of phenolic OH excluding ortho intramolecular Hbond substituents is 1. The van der Waals surface area contributed by atoms with Crippen molar-refractivity contribution in [1.29, 1.82) is 0 Å². The lowest BCUT2D eigenvalue weighted by atomic mass is 10.1. The van der Waals surface area contributed by atoms with Gasteiger partial charge in [0.1, 0.15) is 5.75 Å². The van der Waals surface area contributed by atoms with Crippen molar-refractivity contribution < 1.29 is 24.3 Å². The highest BCUT2D eigenvalue weighted by Crippen LogP contribution is 2.39. The van der Waals surface area contributed by atoms with Gasteiger partial charge in [0, 0.05) is 11.1 Å². The molecule has 1 heterocycles. The predicted octanol–water partition coefficient (Wildman–Crippen LogP) is 3.58. The first-order chi connectivity index (χ1) is 11.4. The number of allylic oxidation sites excluding steroid dienone is 1. The number of nitro benzene ring substituents is 1. The Morgan fingerprint density at radius 1 is 1.33 bits per heavy atom. The first-order valence-corrected chi connectivity index (χ1v) is 7.07. The van der Waals surface area contributed by atoms with Gasteiger partial charge in [-0.25, -0.2) is 0 Å². The van der Waals surface area contributed by atoms with E-state index in [4.69, 9.17) is 21.1 Å². The molecule has 0 saturated carbocycles. The van der Waals surface area contributed by atoms with E-state index in [9.17, 15) is 20.0 Å². The quantitative estimate of drug-likeness (QED) is 0.517. The molecule has 0 amide bonds. The largest absolute Gasteiger partial charge is 0.500 e. The molecule has 0 atom stereocenters. The van der Waals surface area contributed by atoms with Crippen LogP contribution in [0.15, 0.2) is 36.1 Å². The van der Waals surface area contributed by atoms with Gasteiger partial charge in [-0.2, -0.15) is 0 Å². The Morgan fingerprint density at radius 3 is 2.75 bits per heavy atom. The summed E-state index contributed by atoms with van der Waals surface area (Å²) in [5, 5.41) is 21.2. The molecule has 1 N–H and O–H groups in total. The number of methoxy groups -OCH3 is 1. The maximum Gasteiger partial charge on any atom is 0.315 e. The topological polar surface area (TPSA) is 98.9 Å². The number of hydrogen-bond donors (Lipinski definition) is 1. The first kappa shape index (κ1) is 15.8. The summed E-state index contributed by atoms with van der Waals surface area (Å²) in [7, 11) is 1.27. The number of ketones is 1. The summed E-state index contributed by atoms with van der Waals surface area (Å²) in [5.41, 5.74) is 0.0554. The lowest BCUT2D eigenvalue weighted by molar-refractivity contribution is -0.386. The summed E-state index contributed by atoms with van der Waals surface area (Å²) in [4.78, 5) is 22.6. The Balaban J connectivity index is 2.05. The van der Waals surface area contributed by atoms with E-state index in [1.54, 1.807) is 12.1 Å². The summed E-state index contributed by atoms with van der Waals surface area (Å²) >= 11 is 5.86. The monoisotopic (exact) mass is 347 g/mol. The fourth-order valence-electron chi connectivity index (χ4n) is 2.30. The Hall–Kier alpha value is -3.06. The highest BCUT2D eigenvalue weighted by Gasteiger charge is 2.28. The Morgan fingerprint density at radius 2 is 2.08 bits per heavy atom. The lowest BCUT2D eigenvalue weighted by Crippen LogP contribution is -1.99. The Labute approximate surface area is 140 Å². The molecule has 3 rings (SSSR count). The minimum absolute atomic E-state index is 0.00527. The molecule has 24 heavy (non-hydrogen) atoms. The summed E-state index contributed by atoms with van der Waals surface area (Å²) in [6.45, 7) is 0. The van der Waals surface area contributed by atoms with Gasteiger partial charge in [0.05, 0.1) is 17.6 Å². The molecule has 8 heteroatoms. The predicted molar refractivity (Wildman–Crippen MR) is 85.7 cm³/mol. The van der Waals surface area contributed by atoms with Crippen LogP contribution in [-0.4, -0.2) is 22.9 Å². The number of carbonyl (C=O) groups excluding carboxylic acids is 1. The Kier molecular flexibility index (Phi) is 3.86. The van der Waals surface area contributed by atoms with E-state index in [1.165, 1.54) is 25.3 Å². The normalized spacial score (nSPS) is 14.4. The van der Waals surface area contributed by atoms with Crippen LogP contribution in [0.1, 0.15) is 15.9 Å². The number of rotatable bonds is 3. The number of nitrogens with zero attached hydrogens (tertiary/aromatic N) is 1. The van der Waals surface area contributed by atoms with Gasteiger partial charge in [-0.3, -0.25) is 14.9 Å². The van der Waals surface area contributed by atoms with Crippen LogP contribution in [0.5, 0.6) is 17.2 Å². The molecule has 2 aromatic rings. The molecular weight excluding hydrogens is 338 g/mol. The number of carbonyl (C=O) groups is 1. The van der Waals surface area contributed by atoms with Crippen molar-refractivity contribution in [3.63, 3.8) is 0 Å². The lowest BCUT2D eigenvalue weighted by Gasteiger charge is -2.06. The van der Waals surface area contributed by atoms with Crippen molar-refractivity contribution in [3.8, 4) is 17.2 Å². The van der Waals surface area contributed by atoms with E-state index < -0.39 is 16.4 Å². The zero-order chi connectivity index (χ0) is 17.4. The number of phenols is 1. The summed E-state index contributed by atoms with van der Waals surface area (Å²) in [6.07, 6.45) is 1.34. The molecule has 1 aliphatic heterocycles. The van der Waals surface area contributed by atoms with Gasteiger partial charge in [0.25, 0.3) is 0 Å². The molecule has 0 unspecified atom stereocenters. The smallest absolute Gasteiger partial charge is 0.315 e. The minimum atomic E-state index is -0.744. The summed E-state index contributed by atoms with van der Waals surface area (Å²) in [5.74, 6) is -0.701. The number of fused-ring (bicyclic) bond motifs is 1. The highest BCUT2D eigenvalue weighted by atomic mass is 35.5. The number of aromatic hydroxyl groups is 1. The van der Waals surface area contributed by atoms with Crippen LogP contribution in [0, 0.1) is 10.1 Å². The van der Waals surface area contributed by atoms with Crippen LogP contribution in [-0.2, 0) is 0 Å². The third-order valence-electron chi connectivity index (χ3n) is 3.42. The van der Waals surface area contributed by atoms with Gasteiger partial charge in [-0.1, -0.05) is 11.6 Å². The molecule has 1 aliphatic rings. The molecule has 0 spiro atoms. The van der Waals surface area contributed by atoms with Crippen LogP contribution >= 0.6 is 11.6 Å². The van der Waals surface area contributed by atoms with E-state index in [0.29, 0.717) is 16.3 Å². The van der Waals surface area contributed by atoms with E-state index in [1.807, 2.05) is 0 Å². The second-order valence-corrected chi connectivity index (χ2v) is 5.36. The third-order valence-corrected chi connectivity index (χ3v) is 3.66. The van der Waals surface area contributed by atoms with Crippen molar-refractivity contribution in [2.24, 2.45) is 0 Å². The molecular formula is C16H10ClNO6. The molecule has 0 aliphatic carbocycles. The molecule has 7 nitrogen and oxygen atoms in total. The van der Waals surface area contributed by atoms with Crippen molar-refractivity contribution in [3.05, 3.63) is 62.4 Å². The van der Waals surface area contributed by atoms with Gasteiger partial charge in [0.15, 0.2) is 11.5 Å². The average molecular weight is 348 g/mol. The Bertz CT molecular complexity index is 906. The standard InChI is InChI=1S/C16H10ClNO6/c1-23-13-5-8(4-11(16(13)20)18(21)22)6-14-15(19)10-7-9(17)2-3-12(10)24-14/h2-7,20H,1H3. The van der Waals surface area contributed by atoms with Gasteiger partial charge >= 0.3 is 5.69 Å².